The van der Waals surface area contributed by atoms with E-state index in [4.69, 9.17) is 0 Å². The van der Waals surface area contributed by atoms with Crippen LogP contribution in [-0.2, 0) is 12.8 Å². The van der Waals surface area contributed by atoms with Gasteiger partial charge in [-0.1, -0.05) is 18.2 Å². The first-order chi connectivity index (χ1) is 10.4. The first kappa shape index (κ1) is 12.6. The second-order valence-electron chi connectivity index (χ2n) is 5.84. The normalized spacial score (nSPS) is 17.0. The van der Waals surface area contributed by atoms with Gasteiger partial charge in [-0.25, -0.2) is 0 Å². The number of hydrogen-bond donors (Lipinski definition) is 0. The highest BCUT2D eigenvalue weighted by atomic mass is 15.1. The fraction of sp³-hybridized carbons (Fsp3) is 0.333. The molecular formula is C18H19N3. The van der Waals surface area contributed by atoms with Crippen molar-refractivity contribution in [1.29, 1.82) is 0 Å². The molecule has 0 unspecified atom stereocenters. The maximum Gasteiger partial charge on any atom is 0.0864 e. The molecule has 2 aromatic rings. The average molecular weight is 277 g/mol. The Morgan fingerprint density at radius 1 is 0.762 bits per heavy atom. The van der Waals surface area contributed by atoms with Gasteiger partial charge in [0.25, 0.3) is 0 Å². The zero-order chi connectivity index (χ0) is 14.1. The van der Waals surface area contributed by atoms with E-state index in [0.717, 1.165) is 11.4 Å². The number of anilines is 1. The summed E-state index contributed by atoms with van der Waals surface area (Å²) >= 11 is 0. The van der Waals surface area contributed by atoms with Crippen LogP contribution in [0.4, 0.5) is 17.1 Å². The van der Waals surface area contributed by atoms with Gasteiger partial charge in [0.05, 0.1) is 11.4 Å². The summed E-state index contributed by atoms with van der Waals surface area (Å²) in [6, 6.07) is 14.4. The Morgan fingerprint density at radius 3 is 2.05 bits per heavy atom. The maximum atomic E-state index is 4.45. The summed E-state index contributed by atoms with van der Waals surface area (Å²) in [5.74, 6) is 0. The number of rotatable bonds is 2. The van der Waals surface area contributed by atoms with Gasteiger partial charge in [-0.3, -0.25) is 0 Å². The zero-order valence-electron chi connectivity index (χ0n) is 12.1. The van der Waals surface area contributed by atoms with Crippen molar-refractivity contribution in [2.45, 2.75) is 25.7 Å². The zero-order valence-corrected chi connectivity index (χ0v) is 12.1. The average Bonchev–Trinajstić information content (AvgIpc) is 2.54. The number of nitrogens with zero attached hydrogens (tertiary/aromatic N) is 3. The van der Waals surface area contributed by atoms with Gasteiger partial charge in [0, 0.05) is 18.8 Å². The molecule has 0 aromatic heterocycles. The van der Waals surface area contributed by atoms with Crippen molar-refractivity contribution in [3.8, 4) is 0 Å². The Kier molecular flexibility index (Phi) is 3.18. The van der Waals surface area contributed by atoms with E-state index in [0.29, 0.717) is 0 Å². The molecule has 0 saturated carbocycles. The highest BCUT2D eigenvalue weighted by Gasteiger charge is 2.24. The molecule has 0 amide bonds. The molecule has 2 aromatic carbocycles. The van der Waals surface area contributed by atoms with Crippen molar-refractivity contribution >= 4 is 17.1 Å². The summed E-state index contributed by atoms with van der Waals surface area (Å²) in [5, 5.41) is 8.80. The summed E-state index contributed by atoms with van der Waals surface area (Å²) in [6.07, 6.45) is 4.86. The lowest BCUT2D eigenvalue weighted by atomic mass is 9.91. The Balaban J connectivity index is 1.70. The number of aryl methyl sites for hydroxylation is 2. The third-order valence-electron chi connectivity index (χ3n) is 4.35. The minimum absolute atomic E-state index is 0.908. The second-order valence-corrected chi connectivity index (χ2v) is 5.84. The molecule has 0 bridgehead atoms. The van der Waals surface area contributed by atoms with E-state index in [1.165, 1.54) is 55.6 Å². The predicted octanol–water partition coefficient (Wildman–Crippen LogP) is 4.80. The molecule has 2 aliphatic heterocycles. The van der Waals surface area contributed by atoms with Gasteiger partial charge in [0.2, 0.25) is 0 Å². The maximum absolute atomic E-state index is 4.45. The summed E-state index contributed by atoms with van der Waals surface area (Å²) in [4.78, 5) is 2.55. The molecule has 2 aliphatic rings. The minimum atomic E-state index is 0.908. The Hall–Kier alpha value is -2.16. The van der Waals surface area contributed by atoms with Crippen LogP contribution in [-0.4, -0.2) is 13.1 Å². The summed E-state index contributed by atoms with van der Waals surface area (Å²) in [5.41, 5.74) is 6.31. The first-order valence-electron chi connectivity index (χ1n) is 7.78. The lowest BCUT2D eigenvalue weighted by molar-refractivity contribution is 0.634. The summed E-state index contributed by atoms with van der Waals surface area (Å²) in [6.45, 7) is 2.43. The molecule has 106 valence electrons. The molecule has 21 heavy (non-hydrogen) atoms. The fourth-order valence-electron chi connectivity index (χ4n) is 3.45. The van der Waals surface area contributed by atoms with E-state index in [1.54, 1.807) is 0 Å². The van der Waals surface area contributed by atoms with E-state index in [1.807, 2.05) is 30.3 Å². The molecule has 2 heterocycles. The summed E-state index contributed by atoms with van der Waals surface area (Å²) < 4.78 is 0. The van der Waals surface area contributed by atoms with Crippen molar-refractivity contribution in [2.24, 2.45) is 10.2 Å². The van der Waals surface area contributed by atoms with Crippen LogP contribution in [0.15, 0.2) is 52.7 Å². The molecule has 0 fully saturated rings. The highest BCUT2D eigenvalue weighted by molar-refractivity contribution is 5.67. The van der Waals surface area contributed by atoms with Crippen LogP contribution in [0.3, 0.4) is 0 Å². The van der Waals surface area contributed by atoms with E-state index < -0.39 is 0 Å². The third kappa shape index (κ3) is 2.44. The van der Waals surface area contributed by atoms with Crippen molar-refractivity contribution < 1.29 is 0 Å². The number of azo groups is 1. The number of benzene rings is 2. The van der Waals surface area contributed by atoms with Crippen LogP contribution < -0.4 is 4.90 Å². The predicted molar refractivity (Wildman–Crippen MR) is 85.9 cm³/mol. The largest absolute Gasteiger partial charge is 0.371 e. The molecule has 3 nitrogen and oxygen atoms in total. The standard InChI is InChI=1S/C18H19N3/c1-2-8-16(9-3-1)19-20-17-12-14-6-4-10-21-11-5-7-15(13-17)18(14)21/h1-3,8-9,12-13H,4-7,10-11H2. The van der Waals surface area contributed by atoms with Gasteiger partial charge in [0.15, 0.2) is 0 Å². The monoisotopic (exact) mass is 277 g/mol. The van der Waals surface area contributed by atoms with Crippen LogP contribution in [0.1, 0.15) is 24.0 Å². The van der Waals surface area contributed by atoms with Gasteiger partial charge in [-0.15, -0.1) is 0 Å². The van der Waals surface area contributed by atoms with Crippen LogP contribution in [0.2, 0.25) is 0 Å². The van der Waals surface area contributed by atoms with Gasteiger partial charge in [-0.05, 0) is 61.1 Å². The van der Waals surface area contributed by atoms with Gasteiger partial charge < -0.3 is 4.90 Å². The van der Waals surface area contributed by atoms with Crippen molar-refractivity contribution in [3.05, 3.63) is 53.6 Å². The summed E-state index contributed by atoms with van der Waals surface area (Å²) in [7, 11) is 0. The van der Waals surface area contributed by atoms with E-state index in [-0.39, 0.29) is 0 Å². The SMILES string of the molecule is c1ccc(N=Nc2cc3c4c(c2)CCCN4CCC3)cc1. The topological polar surface area (TPSA) is 28.0 Å². The van der Waals surface area contributed by atoms with Crippen molar-refractivity contribution in [2.75, 3.05) is 18.0 Å². The van der Waals surface area contributed by atoms with Crippen LogP contribution in [0.25, 0.3) is 0 Å². The van der Waals surface area contributed by atoms with E-state index in [9.17, 15) is 0 Å². The smallest absolute Gasteiger partial charge is 0.0864 e. The van der Waals surface area contributed by atoms with Crippen LogP contribution in [0, 0.1) is 0 Å². The quantitative estimate of drug-likeness (QED) is 0.724. The van der Waals surface area contributed by atoms with Crippen molar-refractivity contribution in [1.82, 2.24) is 0 Å². The van der Waals surface area contributed by atoms with E-state index in [2.05, 4.69) is 27.3 Å². The Morgan fingerprint density at radius 2 is 1.38 bits per heavy atom. The molecule has 0 radical (unpaired) electrons. The molecule has 0 saturated heterocycles. The van der Waals surface area contributed by atoms with Crippen LogP contribution in [0.5, 0.6) is 0 Å². The Labute approximate surface area is 125 Å². The minimum Gasteiger partial charge on any atom is -0.371 e. The fourth-order valence-corrected chi connectivity index (χ4v) is 3.45. The van der Waals surface area contributed by atoms with Gasteiger partial charge in [-0.2, -0.15) is 10.2 Å². The lowest BCUT2D eigenvalue weighted by Crippen LogP contribution is -2.34. The van der Waals surface area contributed by atoms with Crippen molar-refractivity contribution in [3.63, 3.8) is 0 Å². The molecule has 0 aliphatic carbocycles. The molecule has 0 N–H and O–H groups in total. The second kappa shape index (κ2) is 5.32. The lowest BCUT2D eigenvalue weighted by Gasteiger charge is -2.36. The molecular weight excluding hydrogens is 258 g/mol. The number of hydrogen-bond acceptors (Lipinski definition) is 3. The molecule has 3 heteroatoms. The first-order valence-corrected chi connectivity index (χ1v) is 7.78. The highest BCUT2D eigenvalue weighted by Crippen LogP contribution is 2.38. The molecule has 4 rings (SSSR count). The molecule has 0 atom stereocenters. The van der Waals surface area contributed by atoms with Gasteiger partial charge in [0.1, 0.15) is 0 Å². The molecule has 0 spiro atoms. The van der Waals surface area contributed by atoms with Crippen LogP contribution >= 0.6 is 0 Å². The van der Waals surface area contributed by atoms with E-state index >= 15 is 0 Å². The van der Waals surface area contributed by atoms with Gasteiger partial charge >= 0.3 is 0 Å². The third-order valence-corrected chi connectivity index (χ3v) is 4.35. The Bertz CT molecular complexity index is 645.